The third-order valence-corrected chi connectivity index (χ3v) is 1.94. The quantitative estimate of drug-likeness (QED) is 0.670. The Balaban J connectivity index is 2.94. The molecule has 4 heteroatoms. The number of rotatable bonds is 0. The van der Waals surface area contributed by atoms with Crippen molar-refractivity contribution in [2.75, 3.05) is 0 Å². The topological polar surface area (TPSA) is 52.5 Å². The van der Waals surface area contributed by atoms with Gasteiger partial charge >= 0.3 is 0 Å². The molecule has 0 spiro atoms. The summed E-state index contributed by atoms with van der Waals surface area (Å²) in [6.07, 6.45) is 3.20. The molecular weight excluding hydrogens is 174 g/mol. The second kappa shape index (κ2) is 2.50. The molecule has 0 bridgehead atoms. The van der Waals surface area contributed by atoms with Crippen molar-refractivity contribution in [3.05, 3.63) is 29.0 Å². The van der Waals surface area contributed by atoms with E-state index in [2.05, 4.69) is 9.97 Å². The van der Waals surface area contributed by atoms with E-state index in [0.29, 0.717) is 16.2 Å². The van der Waals surface area contributed by atoms with Crippen LogP contribution in [0, 0.1) is 11.3 Å². The normalized spacial score (nSPS) is 10.0. The van der Waals surface area contributed by atoms with Gasteiger partial charge in [0, 0.05) is 17.8 Å². The summed E-state index contributed by atoms with van der Waals surface area (Å²) >= 11 is 5.76. The summed E-state index contributed by atoms with van der Waals surface area (Å²) in [4.78, 5) is 6.91. The molecule has 0 aliphatic carbocycles. The van der Waals surface area contributed by atoms with Crippen LogP contribution in [-0.2, 0) is 0 Å². The van der Waals surface area contributed by atoms with Gasteiger partial charge in [0.1, 0.15) is 11.7 Å². The molecule has 0 aromatic carbocycles. The Labute approximate surface area is 73.6 Å². The Morgan fingerprint density at radius 2 is 2.42 bits per heavy atom. The largest absolute Gasteiger partial charge is 0.346 e. The van der Waals surface area contributed by atoms with E-state index < -0.39 is 0 Å². The van der Waals surface area contributed by atoms with E-state index in [0.717, 1.165) is 5.39 Å². The molecule has 2 rings (SSSR count). The van der Waals surface area contributed by atoms with Gasteiger partial charge in [0.25, 0.3) is 0 Å². The van der Waals surface area contributed by atoms with E-state index in [-0.39, 0.29) is 0 Å². The second-order valence-corrected chi connectivity index (χ2v) is 2.74. The highest BCUT2D eigenvalue weighted by atomic mass is 35.5. The third kappa shape index (κ3) is 0.858. The third-order valence-electron chi connectivity index (χ3n) is 1.65. The minimum absolute atomic E-state index is 0.393. The maximum absolute atomic E-state index is 8.76. The molecule has 0 saturated heterocycles. The van der Waals surface area contributed by atoms with Gasteiger partial charge in [-0.25, -0.2) is 4.98 Å². The maximum Gasteiger partial charge on any atom is 0.138 e. The Morgan fingerprint density at radius 3 is 3.17 bits per heavy atom. The molecule has 0 amide bonds. The fraction of sp³-hybridized carbons (Fsp3) is 0. The summed E-state index contributed by atoms with van der Waals surface area (Å²) in [5.74, 6) is 0. The van der Waals surface area contributed by atoms with E-state index >= 15 is 0 Å². The molecule has 2 heterocycles. The lowest BCUT2D eigenvalue weighted by molar-refractivity contribution is 1.32. The zero-order chi connectivity index (χ0) is 8.55. The van der Waals surface area contributed by atoms with Crippen LogP contribution >= 0.6 is 11.6 Å². The predicted octanol–water partition coefficient (Wildman–Crippen LogP) is 2.09. The number of fused-ring (bicyclic) bond motifs is 1. The van der Waals surface area contributed by atoms with Crippen molar-refractivity contribution in [2.45, 2.75) is 0 Å². The number of hydrogen-bond acceptors (Lipinski definition) is 2. The molecule has 2 aromatic heterocycles. The summed E-state index contributed by atoms with van der Waals surface area (Å²) in [6, 6.07) is 3.82. The molecule has 3 nitrogen and oxygen atoms in total. The minimum Gasteiger partial charge on any atom is -0.346 e. The Morgan fingerprint density at radius 1 is 1.58 bits per heavy atom. The fourth-order valence-corrected chi connectivity index (χ4v) is 1.29. The lowest BCUT2D eigenvalue weighted by Crippen LogP contribution is -1.82. The van der Waals surface area contributed by atoms with Crippen molar-refractivity contribution < 1.29 is 0 Å². The highest BCUT2D eigenvalue weighted by Crippen LogP contribution is 2.21. The fourth-order valence-electron chi connectivity index (χ4n) is 1.10. The van der Waals surface area contributed by atoms with Gasteiger partial charge in [0.15, 0.2) is 0 Å². The van der Waals surface area contributed by atoms with E-state index in [9.17, 15) is 0 Å². The lowest BCUT2D eigenvalue weighted by atomic mass is 10.2. The van der Waals surface area contributed by atoms with Crippen LogP contribution < -0.4 is 0 Å². The number of nitrogens with one attached hydrogen (secondary N) is 1. The number of hydrogen-bond donors (Lipinski definition) is 1. The molecule has 0 radical (unpaired) electrons. The van der Waals surface area contributed by atoms with Gasteiger partial charge in [0.2, 0.25) is 0 Å². The molecule has 0 atom stereocenters. The van der Waals surface area contributed by atoms with E-state index in [1.165, 1.54) is 6.20 Å². The number of nitriles is 1. The highest BCUT2D eigenvalue weighted by molar-refractivity contribution is 6.32. The molecule has 58 valence electrons. The van der Waals surface area contributed by atoms with Crippen LogP contribution in [0.1, 0.15) is 5.56 Å². The number of aromatic nitrogens is 2. The first-order valence-electron chi connectivity index (χ1n) is 3.34. The summed E-state index contributed by atoms with van der Waals surface area (Å²) in [5.41, 5.74) is 1.17. The van der Waals surface area contributed by atoms with Gasteiger partial charge in [-0.05, 0) is 6.07 Å². The summed E-state index contributed by atoms with van der Waals surface area (Å²) in [7, 11) is 0. The van der Waals surface area contributed by atoms with Crippen LogP contribution in [0.5, 0.6) is 0 Å². The molecule has 0 fully saturated rings. The smallest absolute Gasteiger partial charge is 0.138 e. The summed E-state index contributed by atoms with van der Waals surface area (Å²) in [5, 5.41) is 9.92. The average Bonchev–Trinajstić information content (AvgIpc) is 2.52. The molecule has 1 N–H and O–H groups in total. The van der Waals surface area contributed by atoms with E-state index in [4.69, 9.17) is 16.9 Å². The van der Waals surface area contributed by atoms with Crippen LogP contribution in [0.4, 0.5) is 0 Å². The van der Waals surface area contributed by atoms with Crippen LogP contribution in [0.2, 0.25) is 5.02 Å². The van der Waals surface area contributed by atoms with Crippen molar-refractivity contribution in [3.63, 3.8) is 0 Å². The molecule has 12 heavy (non-hydrogen) atoms. The van der Waals surface area contributed by atoms with Gasteiger partial charge in [-0.1, -0.05) is 11.6 Å². The standard InChI is InChI=1S/C8H4ClN3/c9-7-4-12-8-5(1-2-11-8)6(7)3-10/h1-2,4H,(H,11,12). The monoisotopic (exact) mass is 177 g/mol. The minimum atomic E-state index is 0.393. The van der Waals surface area contributed by atoms with Crippen LogP contribution in [0.3, 0.4) is 0 Å². The molecule has 0 unspecified atom stereocenters. The molecule has 0 aliphatic heterocycles. The summed E-state index contributed by atoms with van der Waals surface area (Å²) in [6.45, 7) is 0. The number of pyridine rings is 1. The van der Waals surface area contributed by atoms with Gasteiger partial charge < -0.3 is 4.98 Å². The lowest BCUT2D eigenvalue weighted by Gasteiger charge is -1.94. The van der Waals surface area contributed by atoms with Crippen molar-refractivity contribution in [1.82, 2.24) is 9.97 Å². The predicted molar refractivity (Wildman–Crippen MR) is 45.8 cm³/mol. The highest BCUT2D eigenvalue weighted by Gasteiger charge is 2.06. The number of H-pyrrole nitrogens is 1. The molecular formula is C8H4ClN3. The molecule has 0 saturated carbocycles. The summed E-state index contributed by atoms with van der Waals surface area (Å²) < 4.78 is 0. The van der Waals surface area contributed by atoms with Gasteiger partial charge in [-0.15, -0.1) is 0 Å². The number of aromatic amines is 1. The van der Waals surface area contributed by atoms with Gasteiger partial charge in [-0.3, -0.25) is 0 Å². The van der Waals surface area contributed by atoms with Crippen molar-refractivity contribution in [2.24, 2.45) is 0 Å². The van der Waals surface area contributed by atoms with Crippen molar-refractivity contribution >= 4 is 22.6 Å². The molecule has 2 aromatic rings. The van der Waals surface area contributed by atoms with Crippen LogP contribution in [-0.4, -0.2) is 9.97 Å². The Kier molecular flexibility index (Phi) is 1.49. The Bertz CT molecular complexity index is 467. The second-order valence-electron chi connectivity index (χ2n) is 2.33. The SMILES string of the molecule is N#Cc1c(Cl)cnc2[nH]ccc12. The molecule has 0 aliphatic rings. The first-order chi connectivity index (χ1) is 5.83. The van der Waals surface area contributed by atoms with E-state index in [1.807, 2.05) is 6.07 Å². The number of halogens is 1. The van der Waals surface area contributed by atoms with Crippen molar-refractivity contribution in [1.29, 1.82) is 5.26 Å². The first kappa shape index (κ1) is 7.14. The van der Waals surface area contributed by atoms with E-state index in [1.54, 1.807) is 12.3 Å². The maximum atomic E-state index is 8.76. The van der Waals surface area contributed by atoms with Gasteiger partial charge in [0.05, 0.1) is 10.6 Å². The average molecular weight is 178 g/mol. The van der Waals surface area contributed by atoms with Gasteiger partial charge in [-0.2, -0.15) is 5.26 Å². The Hall–Kier alpha value is -1.53. The number of nitrogens with zero attached hydrogens (tertiary/aromatic N) is 2. The first-order valence-corrected chi connectivity index (χ1v) is 3.72. The zero-order valence-electron chi connectivity index (χ0n) is 6.00. The van der Waals surface area contributed by atoms with Crippen LogP contribution in [0.15, 0.2) is 18.5 Å². The van der Waals surface area contributed by atoms with Crippen LogP contribution in [0.25, 0.3) is 11.0 Å². The zero-order valence-corrected chi connectivity index (χ0v) is 6.76. The van der Waals surface area contributed by atoms with Crippen molar-refractivity contribution in [3.8, 4) is 6.07 Å².